The molecule has 1 amide bonds. The van der Waals surface area contributed by atoms with Gasteiger partial charge in [0.25, 0.3) is 5.91 Å². The number of fused-ring (bicyclic) bond motifs is 3. The first-order chi connectivity index (χ1) is 9.81. The van der Waals surface area contributed by atoms with Gasteiger partial charge >= 0.3 is 0 Å². The molecule has 2 aliphatic heterocycles. The van der Waals surface area contributed by atoms with E-state index in [1.54, 1.807) is 11.3 Å². The number of likely N-dealkylation sites (tertiary alicyclic amines) is 1. The Hall–Kier alpha value is -0.580. The van der Waals surface area contributed by atoms with Gasteiger partial charge in [0.15, 0.2) is 0 Å². The predicted molar refractivity (Wildman–Crippen MR) is 88.7 cm³/mol. The highest BCUT2D eigenvalue weighted by molar-refractivity contribution is 7.10. The Labute approximate surface area is 136 Å². The largest absolute Gasteiger partial charge is 0.337 e. The van der Waals surface area contributed by atoms with E-state index in [-0.39, 0.29) is 12.4 Å². The molecule has 0 radical (unpaired) electrons. The van der Waals surface area contributed by atoms with Crippen molar-refractivity contribution < 1.29 is 4.79 Å². The average molecular weight is 327 g/mol. The molecular weight excluding hydrogens is 304 g/mol. The number of rotatable bonds is 1. The fourth-order valence-corrected chi connectivity index (χ4v) is 5.09. The van der Waals surface area contributed by atoms with Gasteiger partial charge in [-0.25, -0.2) is 0 Å². The van der Waals surface area contributed by atoms with Crippen molar-refractivity contribution in [2.75, 3.05) is 13.1 Å². The maximum atomic E-state index is 12.9. The zero-order valence-corrected chi connectivity index (χ0v) is 13.9. The minimum absolute atomic E-state index is 0. The van der Waals surface area contributed by atoms with Gasteiger partial charge < -0.3 is 10.2 Å². The van der Waals surface area contributed by atoms with Crippen LogP contribution < -0.4 is 5.32 Å². The van der Waals surface area contributed by atoms with Gasteiger partial charge in [-0.05, 0) is 50.5 Å². The summed E-state index contributed by atoms with van der Waals surface area (Å²) in [7, 11) is 0. The van der Waals surface area contributed by atoms with Crippen LogP contribution in [0.5, 0.6) is 0 Å². The lowest BCUT2D eigenvalue weighted by atomic mass is 9.95. The number of aryl methyl sites for hydroxylation is 1. The molecule has 1 aromatic rings. The maximum absolute atomic E-state index is 12.9. The summed E-state index contributed by atoms with van der Waals surface area (Å²) in [5, 5.41) is 5.77. The fraction of sp³-hybridized carbons (Fsp3) is 0.688. The van der Waals surface area contributed by atoms with Gasteiger partial charge in [0, 0.05) is 35.4 Å². The van der Waals surface area contributed by atoms with E-state index in [4.69, 9.17) is 0 Å². The van der Waals surface area contributed by atoms with Gasteiger partial charge in [0.1, 0.15) is 0 Å². The Morgan fingerprint density at radius 1 is 1.19 bits per heavy atom. The van der Waals surface area contributed by atoms with Gasteiger partial charge in [0.2, 0.25) is 0 Å². The lowest BCUT2D eigenvalue weighted by Crippen LogP contribution is -2.39. The van der Waals surface area contributed by atoms with Crippen molar-refractivity contribution >= 4 is 29.7 Å². The monoisotopic (exact) mass is 326 g/mol. The number of carbonyl (C=O) groups excluding carboxylic acids is 1. The Morgan fingerprint density at radius 2 is 2.00 bits per heavy atom. The van der Waals surface area contributed by atoms with Crippen molar-refractivity contribution in [1.29, 1.82) is 0 Å². The summed E-state index contributed by atoms with van der Waals surface area (Å²) >= 11 is 1.80. The molecule has 2 unspecified atom stereocenters. The highest BCUT2D eigenvalue weighted by Gasteiger charge is 2.32. The topological polar surface area (TPSA) is 32.3 Å². The highest BCUT2D eigenvalue weighted by Crippen LogP contribution is 2.31. The van der Waals surface area contributed by atoms with Crippen molar-refractivity contribution in [3.63, 3.8) is 0 Å². The lowest BCUT2D eigenvalue weighted by Gasteiger charge is -2.25. The van der Waals surface area contributed by atoms with Crippen molar-refractivity contribution in [2.24, 2.45) is 0 Å². The summed E-state index contributed by atoms with van der Waals surface area (Å²) in [4.78, 5) is 16.4. The standard InChI is InChI=1S/C16H22N2OS.ClH/c19-16(14-10-20-15-4-2-1-3-13(14)15)18-8-7-11-5-6-12(9-18)17-11;/h10-12,17H,1-9H2;1H. The molecule has 3 aliphatic rings. The number of nitrogens with zero attached hydrogens (tertiary/aromatic N) is 1. The van der Waals surface area contributed by atoms with Crippen LogP contribution in [0.25, 0.3) is 0 Å². The van der Waals surface area contributed by atoms with E-state index in [9.17, 15) is 4.79 Å². The number of nitrogens with one attached hydrogen (secondary N) is 1. The summed E-state index contributed by atoms with van der Waals surface area (Å²) in [5.74, 6) is 0.291. The number of carbonyl (C=O) groups is 1. The molecule has 1 aromatic heterocycles. The first kappa shape index (κ1) is 15.3. The average Bonchev–Trinajstić information content (AvgIpc) is 3.01. The molecule has 2 saturated heterocycles. The molecule has 1 aliphatic carbocycles. The first-order valence-corrected chi connectivity index (χ1v) is 8.84. The quantitative estimate of drug-likeness (QED) is 0.860. The van der Waals surface area contributed by atoms with Gasteiger partial charge in [-0.15, -0.1) is 23.7 Å². The molecule has 21 heavy (non-hydrogen) atoms. The van der Waals surface area contributed by atoms with E-state index in [0.717, 1.165) is 31.5 Å². The van der Waals surface area contributed by atoms with Crippen LogP contribution in [0.15, 0.2) is 5.38 Å². The van der Waals surface area contributed by atoms with Gasteiger partial charge in [0.05, 0.1) is 5.56 Å². The fourth-order valence-electron chi connectivity index (χ4n) is 3.97. The van der Waals surface area contributed by atoms with Gasteiger partial charge in [-0.2, -0.15) is 0 Å². The number of amides is 1. The van der Waals surface area contributed by atoms with Crippen LogP contribution in [0.4, 0.5) is 0 Å². The van der Waals surface area contributed by atoms with Gasteiger partial charge in [-0.3, -0.25) is 4.79 Å². The third-order valence-corrected chi connectivity index (χ3v) is 6.19. The molecule has 2 fully saturated rings. The molecular formula is C16H23ClN2OS. The van der Waals surface area contributed by atoms with Gasteiger partial charge in [-0.1, -0.05) is 0 Å². The number of thiophene rings is 1. The predicted octanol–water partition coefficient (Wildman–Crippen LogP) is 3.02. The Morgan fingerprint density at radius 3 is 2.90 bits per heavy atom. The van der Waals surface area contributed by atoms with Crippen molar-refractivity contribution in [3.05, 3.63) is 21.4 Å². The Kier molecular flexibility index (Phi) is 4.57. The molecule has 0 saturated carbocycles. The molecule has 0 spiro atoms. The molecule has 116 valence electrons. The molecule has 2 atom stereocenters. The number of hydrogen-bond donors (Lipinski definition) is 1. The summed E-state index contributed by atoms with van der Waals surface area (Å²) in [6.07, 6.45) is 8.47. The molecule has 0 aromatic carbocycles. The smallest absolute Gasteiger partial charge is 0.255 e. The van der Waals surface area contributed by atoms with Crippen LogP contribution >= 0.6 is 23.7 Å². The highest BCUT2D eigenvalue weighted by atomic mass is 35.5. The zero-order valence-electron chi connectivity index (χ0n) is 12.3. The third kappa shape index (κ3) is 2.86. The van der Waals surface area contributed by atoms with Crippen LogP contribution in [-0.2, 0) is 12.8 Å². The van der Waals surface area contributed by atoms with Crippen LogP contribution in [0, 0.1) is 0 Å². The number of halogens is 1. The Balaban J connectivity index is 0.00000132. The SMILES string of the molecule is Cl.O=C(c1csc2c1CCCC2)N1CCC2CCC(C1)N2. The van der Waals surface area contributed by atoms with E-state index >= 15 is 0 Å². The molecule has 3 heterocycles. The molecule has 5 heteroatoms. The van der Waals surface area contributed by atoms with E-state index in [0.29, 0.717) is 18.0 Å². The van der Waals surface area contributed by atoms with Crippen molar-refractivity contribution in [1.82, 2.24) is 10.2 Å². The van der Waals surface area contributed by atoms with Crippen LogP contribution in [0.3, 0.4) is 0 Å². The second-order valence-corrected chi connectivity index (χ2v) is 7.40. The van der Waals surface area contributed by atoms with E-state index in [1.807, 2.05) is 0 Å². The van der Waals surface area contributed by atoms with Crippen molar-refractivity contribution in [3.8, 4) is 0 Å². The summed E-state index contributed by atoms with van der Waals surface area (Å²) in [6.45, 7) is 1.83. The van der Waals surface area contributed by atoms with Crippen LogP contribution in [0.1, 0.15) is 52.9 Å². The molecule has 4 rings (SSSR count). The van der Waals surface area contributed by atoms with Crippen LogP contribution in [0.2, 0.25) is 0 Å². The summed E-state index contributed by atoms with van der Waals surface area (Å²) < 4.78 is 0. The van der Waals surface area contributed by atoms with Crippen LogP contribution in [-0.4, -0.2) is 36.0 Å². The molecule has 2 bridgehead atoms. The second kappa shape index (κ2) is 6.27. The molecule has 1 N–H and O–H groups in total. The van der Waals surface area contributed by atoms with E-state index in [2.05, 4.69) is 15.6 Å². The minimum Gasteiger partial charge on any atom is -0.337 e. The summed E-state index contributed by atoms with van der Waals surface area (Å²) in [6, 6.07) is 1.18. The number of hydrogen-bond acceptors (Lipinski definition) is 3. The third-order valence-electron chi connectivity index (χ3n) is 5.10. The maximum Gasteiger partial charge on any atom is 0.255 e. The Bertz CT molecular complexity index is 530. The minimum atomic E-state index is 0. The van der Waals surface area contributed by atoms with E-state index in [1.165, 1.54) is 42.5 Å². The first-order valence-electron chi connectivity index (χ1n) is 7.96. The van der Waals surface area contributed by atoms with E-state index < -0.39 is 0 Å². The second-order valence-electron chi connectivity index (χ2n) is 6.44. The molecule has 3 nitrogen and oxygen atoms in total. The summed E-state index contributed by atoms with van der Waals surface area (Å²) in [5.41, 5.74) is 2.39. The lowest BCUT2D eigenvalue weighted by molar-refractivity contribution is 0.0747. The zero-order chi connectivity index (χ0) is 13.5. The normalized spacial score (nSPS) is 27.7. The van der Waals surface area contributed by atoms with Crippen molar-refractivity contribution in [2.45, 2.75) is 57.0 Å².